The normalized spacial score (nSPS) is 14.5. The minimum absolute atomic E-state index is 0.00299. The van der Waals surface area contributed by atoms with Crippen molar-refractivity contribution in [2.75, 3.05) is 13.2 Å². The van der Waals surface area contributed by atoms with Crippen molar-refractivity contribution in [2.45, 2.75) is 39.7 Å². The van der Waals surface area contributed by atoms with E-state index in [1.54, 1.807) is 0 Å². The van der Waals surface area contributed by atoms with Crippen LogP contribution in [0.3, 0.4) is 0 Å². The summed E-state index contributed by atoms with van der Waals surface area (Å²) in [5.74, 6) is 1.66. The summed E-state index contributed by atoms with van der Waals surface area (Å²) < 4.78 is 5.87. The van der Waals surface area contributed by atoms with Gasteiger partial charge in [0, 0.05) is 32.4 Å². The minimum Gasteiger partial charge on any atom is -0.445 e. The molecule has 1 aromatic carbocycles. The van der Waals surface area contributed by atoms with Gasteiger partial charge in [-0.3, -0.25) is 4.79 Å². The molecule has 1 aliphatic rings. The van der Waals surface area contributed by atoms with Gasteiger partial charge in [0.2, 0.25) is 5.91 Å². The van der Waals surface area contributed by atoms with Gasteiger partial charge in [0.25, 0.3) is 0 Å². The SMILES string of the molecule is CC(C)(CO)CC(=O)N1CCc2oc(Cc3ccccc3)nc2C1. The second-order valence-corrected chi connectivity index (χ2v) is 7.20. The zero-order chi connectivity index (χ0) is 17.2. The van der Waals surface area contributed by atoms with Gasteiger partial charge < -0.3 is 14.4 Å². The maximum atomic E-state index is 12.4. The average molecular weight is 328 g/mol. The molecule has 1 aromatic heterocycles. The molecule has 1 aliphatic heterocycles. The van der Waals surface area contributed by atoms with Gasteiger partial charge in [-0.15, -0.1) is 0 Å². The molecule has 5 nitrogen and oxygen atoms in total. The monoisotopic (exact) mass is 328 g/mol. The lowest BCUT2D eigenvalue weighted by Gasteiger charge is -2.29. The van der Waals surface area contributed by atoms with Gasteiger partial charge in [-0.2, -0.15) is 0 Å². The molecule has 5 heteroatoms. The molecule has 0 aliphatic carbocycles. The third-order valence-corrected chi connectivity index (χ3v) is 4.38. The number of aliphatic hydroxyl groups excluding tert-OH is 1. The summed E-state index contributed by atoms with van der Waals surface area (Å²) in [6, 6.07) is 10.1. The van der Waals surface area contributed by atoms with Crippen LogP contribution in [-0.4, -0.2) is 34.0 Å². The molecule has 0 atom stereocenters. The second-order valence-electron chi connectivity index (χ2n) is 7.20. The molecule has 0 saturated carbocycles. The Morgan fingerprint density at radius 3 is 2.79 bits per heavy atom. The Balaban J connectivity index is 1.67. The van der Waals surface area contributed by atoms with E-state index in [9.17, 15) is 9.90 Å². The first-order valence-corrected chi connectivity index (χ1v) is 8.37. The van der Waals surface area contributed by atoms with Gasteiger partial charge in [0.05, 0.1) is 6.54 Å². The average Bonchev–Trinajstić information content (AvgIpc) is 2.96. The number of aliphatic hydroxyl groups is 1. The first kappa shape index (κ1) is 16.7. The summed E-state index contributed by atoms with van der Waals surface area (Å²) in [5, 5.41) is 9.34. The predicted molar refractivity (Wildman–Crippen MR) is 90.4 cm³/mol. The zero-order valence-electron chi connectivity index (χ0n) is 14.3. The summed E-state index contributed by atoms with van der Waals surface area (Å²) in [6.07, 6.45) is 1.70. The fourth-order valence-electron chi connectivity index (χ4n) is 2.89. The number of nitrogens with zero attached hydrogens (tertiary/aromatic N) is 2. The number of fused-ring (bicyclic) bond motifs is 1. The van der Waals surface area contributed by atoms with Crippen LogP contribution in [0.2, 0.25) is 0 Å². The van der Waals surface area contributed by atoms with Gasteiger partial charge >= 0.3 is 0 Å². The standard InChI is InChI=1S/C19H24N2O3/c1-19(2,13-22)11-18(23)21-9-8-16-15(12-21)20-17(24-16)10-14-6-4-3-5-7-14/h3-7,22H,8-13H2,1-2H3. The summed E-state index contributed by atoms with van der Waals surface area (Å²) in [4.78, 5) is 18.8. The lowest BCUT2D eigenvalue weighted by Crippen LogP contribution is -2.38. The molecule has 0 unspecified atom stereocenters. The molecular formula is C19H24N2O3. The number of carbonyl (C=O) groups is 1. The van der Waals surface area contributed by atoms with Crippen LogP contribution in [0.4, 0.5) is 0 Å². The van der Waals surface area contributed by atoms with Crippen molar-refractivity contribution in [3.8, 4) is 0 Å². The summed E-state index contributed by atoms with van der Waals surface area (Å²) in [5.41, 5.74) is 1.63. The van der Waals surface area contributed by atoms with Crippen LogP contribution in [0.1, 0.15) is 43.2 Å². The Kier molecular flexibility index (Phi) is 4.71. The molecule has 2 heterocycles. The highest BCUT2D eigenvalue weighted by Crippen LogP contribution is 2.25. The Morgan fingerprint density at radius 1 is 1.33 bits per heavy atom. The molecule has 0 saturated heterocycles. The highest BCUT2D eigenvalue weighted by Gasteiger charge is 2.29. The van der Waals surface area contributed by atoms with Crippen molar-refractivity contribution < 1.29 is 14.3 Å². The molecule has 128 valence electrons. The maximum Gasteiger partial charge on any atom is 0.223 e. The number of benzene rings is 1. The quantitative estimate of drug-likeness (QED) is 0.916. The van der Waals surface area contributed by atoms with Gasteiger partial charge in [-0.25, -0.2) is 4.98 Å². The number of hydrogen-bond donors (Lipinski definition) is 1. The first-order valence-electron chi connectivity index (χ1n) is 8.37. The van der Waals surface area contributed by atoms with Crippen LogP contribution < -0.4 is 0 Å². The Labute approximate surface area is 142 Å². The number of carbonyl (C=O) groups excluding carboxylic acids is 1. The van der Waals surface area contributed by atoms with Gasteiger partial charge in [0.1, 0.15) is 11.5 Å². The number of aromatic nitrogens is 1. The van der Waals surface area contributed by atoms with Crippen LogP contribution in [0.5, 0.6) is 0 Å². The fraction of sp³-hybridized carbons (Fsp3) is 0.474. The summed E-state index contributed by atoms with van der Waals surface area (Å²) >= 11 is 0. The molecule has 0 fully saturated rings. The van der Waals surface area contributed by atoms with E-state index in [0.29, 0.717) is 38.2 Å². The highest BCUT2D eigenvalue weighted by atomic mass is 16.4. The smallest absolute Gasteiger partial charge is 0.223 e. The lowest BCUT2D eigenvalue weighted by atomic mass is 9.89. The zero-order valence-corrected chi connectivity index (χ0v) is 14.3. The Morgan fingerprint density at radius 2 is 2.08 bits per heavy atom. The molecule has 0 radical (unpaired) electrons. The molecule has 0 spiro atoms. The maximum absolute atomic E-state index is 12.4. The number of hydrogen-bond acceptors (Lipinski definition) is 4. The number of amides is 1. The number of oxazole rings is 1. The van der Waals surface area contributed by atoms with Crippen molar-refractivity contribution in [1.29, 1.82) is 0 Å². The van der Waals surface area contributed by atoms with Crippen molar-refractivity contribution in [2.24, 2.45) is 5.41 Å². The summed E-state index contributed by atoms with van der Waals surface area (Å²) in [7, 11) is 0. The molecule has 24 heavy (non-hydrogen) atoms. The van der Waals surface area contributed by atoms with E-state index < -0.39 is 0 Å². The van der Waals surface area contributed by atoms with Crippen molar-refractivity contribution in [3.63, 3.8) is 0 Å². The molecule has 3 rings (SSSR count). The second kappa shape index (κ2) is 6.77. The van der Waals surface area contributed by atoms with Crippen molar-refractivity contribution in [1.82, 2.24) is 9.88 Å². The molecule has 1 amide bonds. The van der Waals surface area contributed by atoms with E-state index in [0.717, 1.165) is 17.0 Å². The van der Waals surface area contributed by atoms with Crippen LogP contribution in [0, 0.1) is 5.41 Å². The summed E-state index contributed by atoms with van der Waals surface area (Å²) in [6.45, 7) is 4.94. The third-order valence-electron chi connectivity index (χ3n) is 4.38. The van der Waals surface area contributed by atoms with E-state index >= 15 is 0 Å². The fourth-order valence-corrected chi connectivity index (χ4v) is 2.89. The van der Waals surface area contributed by atoms with E-state index in [-0.39, 0.29) is 17.9 Å². The predicted octanol–water partition coefficient (Wildman–Crippen LogP) is 2.56. The van der Waals surface area contributed by atoms with E-state index in [4.69, 9.17) is 4.42 Å². The molecule has 2 aromatic rings. The largest absolute Gasteiger partial charge is 0.445 e. The molecular weight excluding hydrogens is 304 g/mol. The van der Waals surface area contributed by atoms with Gasteiger partial charge in [0.15, 0.2) is 5.89 Å². The molecule has 0 bridgehead atoms. The van der Waals surface area contributed by atoms with E-state index in [2.05, 4.69) is 17.1 Å². The lowest BCUT2D eigenvalue weighted by molar-refractivity contribution is -0.135. The number of rotatable bonds is 5. The van der Waals surface area contributed by atoms with Crippen LogP contribution in [0.25, 0.3) is 0 Å². The van der Waals surface area contributed by atoms with Crippen LogP contribution in [0.15, 0.2) is 34.7 Å². The van der Waals surface area contributed by atoms with Crippen molar-refractivity contribution in [3.05, 3.63) is 53.2 Å². The third kappa shape index (κ3) is 3.85. The minimum atomic E-state index is -0.389. The Hall–Kier alpha value is -2.14. The highest BCUT2D eigenvalue weighted by molar-refractivity contribution is 5.77. The topological polar surface area (TPSA) is 66.6 Å². The van der Waals surface area contributed by atoms with Crippen LogP contribution in [-0.2, 0) is 24.2 Å². The van der Waals surface area contributed by atoms with Crippen molar-refractivity contribution >= 4 is 5.91 Å². The van der Waals surface area contributed by atoms with E-state index in [1.807, 2.05) is 36.9 Å². The Bertz CT molecular complexity index is 707. The van der Waals surface area contributed by atoms with E-state index in [1.165, 1.54) is 0 Å². The molecule has 1 N–H and O–H groups in total. The van der Waals surface area contributed by atoms with Gasteiger partial charge in [-0.1, -0.05) is 44.2 Å². The van der Waals surface area contributed by atoms with Gasteiger partial charge in [-0.05, 0) is 11.0 Å². The first-order chi connectivity index (χ1) is 11.5. The van der Waals surface area contributed by atoms with Crippen LogP contribution >= 0.6 is 0 Å².